The zero-order chi connectivity index (χ0) is 14.2. The molecule has 0 spiro atoms. The number of benzene rings is 1. The van der Waals surface area contributed by atoms with Crippen molar-refractivity contribution in [3.05, 3.63) is 28.7 Å². The summed E-state index contributed by atoms with van der Waals surface area (Å²) in [5, 5.41) is 6.28. The van der Waals surface area contributed by atoms with Crippen molar-refractivity contribution in [2.45, 2.75) is 19.3 Å². The molecule has 1 amide bonds. The molecule has 1 fully saturated rings. The van der Waals surface area contributed by atoms with Crippen molar-refractivity contribution in [3.8, 4) is 5.75 Å². The van der Waals surface area contributed by atoms with Gasteiger partial charge >= 0.3 is 0 Å². The minimum atomic E-state index is 0. The summed E-state index contributed by atoms with van der Waals surface area (Å²) in [5.74, 6) is 1.56. The van der Waals surface area contributed by atoms with Crippen LogP contribution >= 0.6 is 28.3 Å². The van der Waals surface area contributed by atoms with Crippen molar-refractivity contribution in [2.24, 2.45) is 5.92 Å². The van der Waals surface area contributed by atoms with Crippen molar-refractivity contribution in [2.75, 3.05) is 26.2 Å². The number of rotatable bonds is 7. The van der Waals surface area contributed by atoms with Gasteiger partial charge in [0.2, 0.25) is 5.91 Å². The van der Waals surface area contributed by atoms with E-state index in [-0.39, 0.29) is 18.3 Å². The number of amides is 1. The number of carbonyl (C=O) groups is 1. The molecule has 0 aromatic heterocycles. The lowest BCUT2D eigenvalue weighted by molar-refractivity contribution is -0.121. The number of hydrogen-bond donors (Lipinski definition) is 2. The van der Waals surface area contributed by atoms with Crippen LogP contribution in [-0.4, -0.2) is 32.1 Å². The van der Waals surface area contributed by atoms with Gasteiger partial charge in [0.15, 0.2) is 0 Å². The van der Waals surface area contributed by atoms with E-state index < -0.39 is 0 Å². The fraction of sp³-hybridized carbons (Fsp3) is 0.533. The Morgan fingerprint density at radius 2 is 2.33 bits per heavy atom. The molecule has 1 aliphatic heterocycles. The Morgan fingerprint density at radius 1 is 1.48 bits per heavy atom. The quantitative estimate of drug-likeness (QED) is 0.768. The van der Waals surface area contributed by atoms with E-state index in [1.807, 2.05) is 24.3 Å². The third-order valence-electron chi connectivity index (χ3n) is 3.43. The monoisotopic (exact) mass is 376 g/mol. The third-order valence-corrected chi connectivity index (χ3v) is 3.92. The SMILES string of the molecule is Cl.O=C(CCOc1cccc(Br)c1)NCCC1CCNC1. The molecular formula is C15H22BrClN2O2. The second kappa shape index (κ2) is 10.0. The largest absolute Gasteiger partial charge is 0.493 e. The van der Waals surface area contributed by atoms with Crippen LogP contribution in [0.15, 0.2) is 28.7 Å². The molecular weight excluding hydrogens is 356 g/mol. The van der Waals surface area contributed by atoms with E-state index >= 15 is 0 Å². The Kier molecular flexibility index (Phi) is 8.73. The lowest BCUT2D eigenvalue weighted by Gasteiger charge is -2.10. The maximum absolute atomic E-state index is 11.7. The highest BCUT2D eigenvalue weighted by molar-refractivity contribution is 9.10. The summed E-state index contributed by atoms with van der Waals surface area (Å²) in [4.78, 5) is 11.7. The van der Waals surface area contributed by atoms with Gasteiger partial charge in [0.05, 0.1) is 13.0 Å². The minimum Gasteiger partial charge on any atom is -0.493 e. The van der Waals surface area contributed by atoms with Gasteiger partial charge in [-0.15, -0.1) is 12.4 Å². The summed E-state index contributed by atoms with van der Waals surface area (Å²) >= 11 is 3.38. The minimum absolute atomic E-state index is 0. The summed E-state index contributed by atoms with van der Waals surface area (Å²) in [6.07, 6.45) is 2.68. The van der Waals surface area contributed by atoms with Gasteiger partial charge in [0.25, 0.3) is 0 Å². The van der Waals surface area contributed by atoms with Crippen LogP contribution in [-0.2, 0) is 4.79 Å². The molecule has 21 heavy (non-hydrogen) atoms. The molecule has 1 aromatic carbocycles. The first-order valence-corrected chi connectivity index (χ1v) is 7.89. The zero-order valence-electron chi connectivity index (χ0n) is 11.9. The van der Waals surface area contributed by atoms with Gasteiger partial charge in [0.1, 0.15) is 5.75 Å². The van der Waals surface area contributed by atoms with E-state index in [4.69, 9.17) is 4.74 Å². The van der Waals surface area contributed by atoms with Crippen molar-refractivity contribution in [3.63, 3.8) is 0 Å². The lowest BCUT2D eigenvalue weighted by Crippen LogP contribution is -2.27. The number of carbonyl (C=O) groups excluding carboxylic acids is 1. The van der Waals surface area contributed by atoms with E-state index in [0.717, 1.165) is 36.3 Å². The molecule has 4 nitrogen and oxygen atoms in total. The number of hydrogen-bond acceptors (Lipinski definition) is 3. The van der Waals surface area contributed by atoms with Crippen LogP contribution in [0, 0.1) is 5.92 Å². The normalized spacial score (nSPS) is 17.1. The molecule has 6 heteroatoms. The molecule has 1 aliphatic rings. The maximum atomic E-state index is 11.7. The molecule has 1 atom stereocenters. The van der Waals surface area contributed by atoms with Crippen LogP contribution in [0.1, 0.15) is 19.3 Å². The molecule has 0 aliphatic carbocycles. The van der Waals surface area contributed by atoms with Crippen LogP contribution in [0.5, 0.6) is 5.75 Å². The van der Waals surface area contributed by atoms with Crippen LogP contribution in [0.25, 0.3) is 0 Å². The van der Waals surface area contributed by atoms with Gasteiger partial charge in [-0.25, -0.2) is 0 Å². The van der Waals surface area contributed by atoms with E-state index in [1.54, 1.807) is 0 Å². The standard InChI is InChI=1S/C15H21BrN2O2.ClH/c16-13-2-1-3-14(10-13)20-9-6-15(19)18-8-5-12-4-7-17-11-12;/h1-3,10,12,17H,4-9,11H2,(H,18,19);1H. The predicted molar refractivity (Wildman–Crippen MR) is 90.1 cm³/mol. The molecule has 0 bridgehead atoms. The van der Waals surface area contributed by atoms with Crippen molar-refractivity contribution >= 4 is 34.2 Å². The number of nitrogens with one attached hydrogen (secondary N) is 2. The maximum Gasteiger partial charge on any atom is 0.223 e. The van der Waals surface area contributed by atoms with Gasteiger partial charge in [-0.1, -0.05) is 22.0 Å². The Labute approximate surface area is 140 Å². The Bertz CT molecular complexity index is 439. The first-order valence-electron chi connectivity index (χ1n) is 7.10. The van der Waals surface area contributed by atoms with Crippen molar-refractivity contribution in [1.29, 1.82) is 0 Å². The summed E-state index contributed by atoms with van der Waals surface area (Å²) in [5.41, 5.74) is 0. The second-order valence-electron chi connectivity index (χ2n) is 5.05. The van der Waals surface area contributed by atoms with E-state index in [1.165, 1.54) is 6.42 Å². The fourth-order valence-corrected chi connectivity index (χ4v) is 2.66. The first-order chi connectivity index (χ1) is 9.74. The van der Waals surface area contributed by atoms with E-state index in [0.29, 0.717) is 18.9 Å². The van der Waals surface area contributed by atoms with Crippen LogP contribution < -0.4 is 15.4 Å². The summed E-state index contributed by atoms with van der Waals surface area (Å²) in [6.45, 7) is 3.37. The van der Waals surface area contributed by atoms with Crippen molar-refractivity contribution < 1.29 is 9.53 Å². The molecule has 1 saturated heterocycles. The second-order valence-corrected chi connectivity index (χ2v) is 5.97. The van der Waals surface area contributed by atoms with Gasteiger partial charge in [-0.2, -0.15) is 0 Å². The van der Waals surface area contributed by atoms with Crippen LogP contribution in [0.3, 0.4) is 0 Å². The van der Waals surface area contributed by atoms with Gasteiger partial charge < -0.3 is 15.4 Å². The van der Waals surface area contributed by atoms with Crippen LogP contribution in [0.2, 0.25) is 0 Å². The first kappa shape index (κ1) is 18.3. The molecule has 118 valence electrons. The highest BCUT2D eigenvalue weighted by Gasteiger charge is 2.13. The number of ether oxygens (including phenoxy) is 1. The predicted octanol–water partition coefficient (Wildman–Crippen LogP) is 2.76. The lowest BCUT2D eigenvalue weighted by atomic mass is 10.1. The molecule has 0 saturated carbocycles. The topological polar surface area (TPSA) is 50.4 Å². The van der Waals surface area contributed by atoms with E-state index in [2.05, 4.69) is 26.6 Å². The third kappa shape index (κ3) is 7.16. The summed E-state index contributed by atoms with van der Waals surface area (Å²) in [7, 11) is 0. The molecule has 2 N–H and O–H groups in total. The highest BCUT2D eigenvalue weighted by atomic mass is 79.9. The average molecular weight is 378 g/mol. The van der Waals surface area contributed by atoms with Crippen molar-refractivity contribution in [1.82, 2.24) is 10.6 Å². The smallest absolute Gasteiger partial charge is 0.223 e. The molecule has 1 heterocycles. The Hall–Kier alpha value is -0.780. The Balaban J connectivity index is 0.00000220. The highest BCUT2D eigenvalue weighted by Crippen LogP contribution is 2.17. The Morgan fingerprint density at radius 3 is 3.05 bits per heavy atom. The van der Waals surface area contributed by atoms with E-state index in [9.17, 15) is 4.79 Å². The molecule has 1 unspecified atom stereocenters. The zero-order valence-corrected chi connectivity index (χ0v) is 14.3. The van der Waals surface area contributed by atoms with Gasteiger partial charge in [0, 0.05) is 11.0 Å². The van der Waals surface area contributed by atoms with Crippen LogP contribution in [0.4, 0.5) is 0 Å². The average Bonchev–Trinajstić information content (AvgIpc) is 2.92. The van der Waals surface area contributed by atoms with Gasteiger partial charge in [-0.05, 0) is 50.0 Å². The summed E-state index contributed by atoms with van der Waals surface area (Å²) in [6, 6.07) is 7.63. The molecule has 2 rings (SSSR count). The molecule has 0 radical (unpaired) electrons. The van der Waals surface area contributed by atoms with Gasteiger partial charge in [-0.3, -0.25) is 4.79 Å². The summed E-state index contributed by atoms with van der Waals surface area (Å²) < 4.78 is 6.51. The molecule has 1 aromatic rings. The number of halogens is 2. The fourth-order valence-electron chi connectivity index (χ4n) is 2.28.